The quantitative estimate of drug-likeness (QED) is 0.526. The molecule has 182 valence electrons. The molecule has 35 heavy (non-hydrogen) atoms. The van der Waals surface area contributed by atoms with Gasteiger partial charge in [-0.25, -0.2) is 14.4 Å². The highest BCUT2D eigenvalue weighted by atomic mass is 19.1. The average molecular weight is 475 g/mol. The summed E-state index contributed by atoms with van der Waals surface area (Å²) in [5.74, 6) is -0.189. The Balaban J connectivity index is 1.51. The van der Waals surface area contributed by atoms with E-state index < -0.39 is 18.3 Å². The number of benzene rings is 2. The Labute approximate surface area is 205 Å². The molecule has 2 aromatic carbocycles. The summed E-state index contributed by atoms with van der Waals surface area (Å²) in [5, 5.41) is 3.10. The second-order valence-electron chi connectivity index (χ2n) is 9.32. The van der Waals surface area contributed by atoms with Crippen LogP contribution >= 0.6 is 0 Å². The van der Waals surface area contributed by atoms with Gasteiger partial charge in [0.1, 0.15) is 18.5 Å². The molecule has 1 N–H and O–H groups in total. The fourth-order valence-electron chi connectivity index (χ4n) is 4.48. The Hall–Kier alpha value is -3.61. The third-order valence-corrected chi connectivity index (χ3v) is 6.47. The molecule has 4 rings (SSSR count). The van der Waals surface area contributed by atoms with E-state index in [4.69, 9.17) is 0 Å². The highest BCUT2D eigenvalue weighted by Crippen LogP contribution is 2.27. The number of aromatic nitrogens is 2. The largest absolute Gasteiger partial charge is 0.343 e. The van der Waals surface area contributed by atoms with E-state index in [-0.39, 0.29) is 31.2 Å². The Morgan fingerprint density at radius 3 is 2.29 bits per heavy atom. The molecule has 1 saturated heterocycles. The van der Waals surface area contributed by atoms with Crippen molar-refractivity contribution >= 4 is 11.8 Å². The number of amides is 2. The molecule has 0 spiro atoms. The normalized spacial score (nSPS) is 18.5. The lowest BCUT2D eigenvalue weighted by atomic mass is 9.95. The van der Waals surface area contributed by atoms with E-state index in [2.05, 4.69) is 41.3 Å². The van der Waals surface area contributed by atoms with Crippen LogP contribution in [0.2, 0.25) is 0 Å². The molecule has 2 amide bonds. The number of halogens is 1. The molecule has 3 unspecified atom stereocenters. The molecule has 6 nitrogen and oxygen atoms in total. The Morgan fingerprint density at radius 2 is 1.63 bits per heavy atom. The van der Waals surface area contributed by atoms with Crippen LogP contribution in [0.5, 0.6) is 0 Å². The van der Waals surface area contributed by atoms with Gasteiger partial charge in [-0.05, 0) is 34.6 Å². The van der Waals surface area contributed by atoms with Crippen LogP contribution in [0.3, 0.4) is 0 Å². The summed E-state index contributed by atoms with van der Waals surface area (Å²) in [7, 11) is 0. The van der Waals surface area contributed by atoms with Crippen LogP contribution in [0, 0.1) is 0 Å². The van der Waals surface area contributed by atoms with Crippen molar-refractivity contribution in [3.63, 3.8) is 0 Å². The van der Waals surface area contributed by atoms with Gasteiger partial charge in [0.15, 0.2) is 0 Å². The third kappa shape index (κ3) is 6.10. The smallest absolute Gasteiger partial charge is 0.243 e. The van der Waals surface area contributed by atoms with Crippen molar-refractivity contribution < 1.29 is 14.0 Å². The van der Waals surface area contributed by atoms with Crippen LogP contribution in [0.1, 0.15) is 60.9 Å². The van der Waals surface area contributed by atoms with E-state index in [0.717, 1.165) is 16.7 Å². The minimum absolute atomic E-state index is 0.000180. The molecule has 0 radical (unpaired) electrons. The molecular formula is C28H31FN4O2. The van der Waals surface area contributed by atoms with Crippen LogP contribution in [0.25, 0.3) is 0 Å². The monoisotopic (exact) mass is 474 g/mol. The zero-order chi connectivity index (χ0) is 24.8. The lowest BCUT2D eigenvalue weighted by Gasteiger charge is -2.27. The van der Waals surface area contributed by atoms with E-state index >= 15 is 0 Å². The minimum atomic E-state index is -1.23. The fourth-order valence-corrected chi connectivity index (χ4v) is 4.48. The molecule has 1 fully saturated rings. The van der Waals surface area contributed by atoms with Gasteiger partial charge in [0, 0.05) is 25.2 Å². The molecule has 1 aliphatic heterocycles. The summed E-state index contributed by atoms with van der Waals surface area (Å²) < 4.78 is 14.4. The maximum atomic E-state index is 14.4. The number of carbonyl (C=O) groups excluding carboxylic acids is 2. The number of hydrogen-bond donors (Lipinski definition) is 1. The molecule has 0 saturated carbocycles. The van der Waals surface area contributed by atoms with Crippen molar-refractivity contribution in [1.82, 2.24) is 20.2 Å². The summed E-state index contributed by atoms with van der Waals surface area (Å²) in [6, 6.07) is 16.6. The van der Waals surface area contributed by atoms with Crippen LogP contribution in [-0.2, 0) is 16.0 Å². The van der Waals surface area contributed by atoms with E-state index in [1.54, 1.807) is 12.4 Å². The van der Waals surface area contributed by atoms with Gasteiger partial charge in [0.25, 0.3) is 0 Å². The molecule has 1 aliphatic rings. The van der Waals surface area contributed by atoms with Gasteiger partial charge in [-0.2, -0.15) is 0 Å². The molecule has 2 heterocycles. The number of likely N-dealkylation sites (tertiary alicyclic amines) is 1. The van der Waals surface area contributed by atoms with E-state index in [1.165, 1.54) is 16.8 Å². The van der Waals surface area contributed by atoms with E-state index in [1.807, 2.05) is 42.5 Å². The number of hydrogen-bond acceptors (Lipinski definition) is 4. The standard InChI is InChI=1S/C28H31FN4O2/c1-19(2)21-9-11-23(12-10-21)27(22-6-4-3-5-7-22)32-28(35)25-14-24(29)17-33(25)26(34)13-8-20-15-30-18-31-16-20/h3-7,9-12,15-16,18-19,24-25,27H,8,13-14,17H2,1-2H3,(H,32,35). The third-order valence-electron chi connectivity index (χ3n) is 6.47. The van der Waals surface area contributed by atoms with Crippen molar-refractivity contribution in [3.8, 4) is 0 Å². The maximum Gasteiger partial charge on any atom is 0.243 e. The van der Waals surface area contributed by atoms with Crippen molar-refractivity contribution in [2.24, 2.45) is 0 Å². The first kappa shape index (κ1) is 24.5. The molecule has 3 aromatic rings. The number of alkyl halides is 1. The Bertz CT molecular complexity index is 1120. The predicted octanol–water partition coefficient (Wildman–Crippen LogP) is 4.38. The topological polar surface area (TPSA) is 75.2 Å². The molecular weight excluding hydrogens is 443 g/mol. The highest BCUT2D eigenvalue weighted by Gasteiger charge is 2.40. The Kier molecular flexibility index (Phi) is 7.85. The van der Waals surface area contributed by atoms with Gasteiger partial charge in [0.05, 0.1) is 12.6 Å². The van der Waals surface area contributed by atoms with Gasteiger partial charge < -0.3 is 10.2 Å². The first-order valence-electron chi connectivity index (χ1n) is 12.0. The number of carbonyl (C=O) groups is 2. The van der Waals surface area contributed by atoms with Crippen LogP contribution in [-0.4, -0.2) is 45.4 Å². The second-order valence-corrected chi connectivity index (χ2v) is 9.32. The van der Waals surface area contributed by atoms with Crippen molar-refractivity contribution in [3.05, 3.63) is 95.6 Å². The van der Waals surface area contributed by atoms with Crippen LogP contribution in [0.4, 0.5) is 4.39 Å². The van der Waals surface area contributed by atoms with Gasteiger partial charge in [0.2, 0.25) is 11.8 Å². The average Bonchev–Trinajstić information content (AvgIpc) is 3.29. The zero-order valence-corrected chi connectivity index (χ0v) is 20.1. The number of rotatable bonds is 8. The lowest BCUT2D eigenvalue weighted by molar-refractivity contribution is -0.138. The predicted molar refractivity (Wildman–Crippen MR) is 132 cm³/mol. The van der Waals surface area contributed by atoms with Gasteiger partial charge in [-0.15, -0.1) is 0 Å². The van der Waals surface area contributed by atoms with E-state index in [0.29, 0.717) is 12.3 Å². The number of nitrogens with one attached hydrogen (secondary N) is 1. The Morgan fingerprint density at radius 1 is 1.00 bits per heavy atom. The van der Waals surface area contributed by atoms with Crippen molar-refractivity contribution in [2.75, 3.05) is 6.54 Å². The van der Waals surface area contributed by atoms with Gasteiger partial charge in [-0.1, -0.05) is 68.4 Å². The lowest BCUT2D eigenvalue weighted by Crippen LogP contribution is -2.47. The van der Waals surface area contributed by atoms with Crippen LogP contribution in [0.15, 0.2) is 73.3 Å². The number of nitrogens with zero attached hydrogens (tertiary/aromatic N) is 3. The summed E-state index contributed by atoms with van der Waals surface area (Å²) in [6.45, 7) is 4.20. The van der Waals surface area contributed by atoms with Crippen LogP contribution < -0.4 is 5.32 Å². The molecule has 0 aliphatic carbocycles. The molecule has 3 atom stereocenters. The second kappa shape index (κ2) is 11.2. The minimum Gasteiger partial charge on any atom is -0.343 e. The SMILES string of the molecule is CC(C)c1ccc(C(NC(=O)C2CC(F)CN2C(=O)CCc2cncnc2)c2ccccc2)cc1. The first-order chi connectivity index (χ1) is 16.9. The molecule has 0 bridgehead atoms. The van der Waals surface area contributed by atoms with Crippen molar-refractivity contribution in [2.45, 2.75) is 57.3 Å². The maximum absolute atomic E-state index is 14.4. The zero-order valence-electron chi connectivity index (χ0n) is 20.1. The van der Waals surface area contributed by atoms with Gasteiger partial charge in [-0.3, -0.25) is 9.59 Å². The number of aryl methyl sites for hydroxylation is 1. The summed E-state index contributed by atoms with van der Waals surface area (Å²) in [6.07, 6.45) is 4.12. The fraction of sp³-hybridized carbons (Fsp3) is 0.357. The van der Waals surface area contributed by atoms with Crippen molar-refractivity contribution in [1.29, 1.82) is 0 Å². The molecule has 7 heteroatoms. The summed E-state index contributed by atoms with van der Waals surface area (Å²) in [5.41, 5.74) is 3.90. The molecule has 1 aromatic heterocycles. The summed E-state index contributed by atoms with van der Waals surface area (Å²) in [4.78, 5) is 35.7. The van der Waals surface area contributed by atoms with Gasteiger partial charge >= 0.3 is 0 Å². The highest BCUT2D eigenvalue weighted by molar-refractivity contribution is 5.89. The summed E-state index contributed by atoms with van der Waals surface area (Å²) >= 11 is 0. The first-order valence-corrected chi connectivity index (χ1v) is 12.0. The van der Waals surface area contributed by atoms with E-state index in [9.17, 15) is 14.0 Å².